The Kier molecular flexibility index (Phi) is 4.71. The van der Waals surface area contributed by atoms with Gasteiger partial charge in [0.05, 0.1) is 11.1 Å². The fourth-order valence-electron chi connectivity index (χ4n) is 2.49. The SMILES string of the molecule is C=C(CC)COc1ccccc1C(=O)c1cccc2cccnc12. The zero-order valence-corrected chi connectivity index (χ0v) is 13.7. The zero-order valence-electron chi connectivity index (χ0n) is 13.7. The van der Waals surface area contributed by atoms with Gasteiger partial charge in [-0.05, 0) is 36.3 Å². The van der Waals surface area contributed by atoms with Crippen LogP contribution < -0.4 is 4.74 Å². The fraction of sp³-hybridized carbons (Fsp3) is 0.143. The quantitative estimate of drug-likeness (QED) is 0.484. The summed E-state index contributed by atoms with van der Waals surface area (Å²) in [5, 5.41) is 0.945. The highest BCUT2D eigenvalue weighted by molar-refractivity contribution is 6.16. The van der Waals surface area contributed by atoms with Crippen molar-refractivity contribution < 1.29 is 9.53 Å². The first-order valence-corrected chi connectivity index (χ1v) is 7.97. The van der Waals surface area contributed by atoms with Gasteiger partial charge in [-0.3, -0.25) is 9.78 Å². The van der Waals surface area contributed by atoms with Crippen molar-refractivity contribution in [2.45, 2.75) is 13.3 Å². The van der Waals surface area contributed by atoms with Crippen molar-refractivity contribution in [2.24, 2.45) is 0 Å². The largest absolute Gasteiger partial charge is 0.488 e. The van der Waals surface area contributed by atoms with Gasteiger partial charge in [-0.15, -0.1) is 0 Å². The third-order valence-corrected chi connectivity index (χ3v) is 3.94. The molecule has 3 heteroatoms. The number of carbonyl (C=O) groups excluding carboxylic acids is 1. The number of ether oxygens (including phenoxy) is 1. The summed E-state index contributed by atoms with van der Waals surface area (Å²) < 4.78 is 5.80. The summed E-state index contributed by atoms with van der Waals surface area (Å²) in [6.45, 7) is 6.39. The number of ketones is 1. The van der Waals surface area contributed by atoms with Gasteiger partial charge in [-0.2, -0.15) is 0 Å². The molecule has 0 amide bonds. The maximum Gasteiger partial charge on any atom is 0.198 e. The number of fused-ring (bicyclic) bond motifs is 1. The van der Waals surface area contributed by atoms with Crippen LogP contribution >= 0.6 is 0 Å². The van der Waals surface area contributed by atoms with E-state index in [1.807, 2.05) is 49.4 Å². The molecule has 0 aliphatic heterocycles. The van der Waals surface area contributed by atoms with Crippen molar-refractivity contribution in [1.29, 1.82) is 0 Å². The number of hydrogen-bond acceptors (Lipinski definition) is 3. The minimum absolute atomic E-state index is 0.0861. The molecule has 3 rings (SSSR count). The third kappa shape index (κ3) is 3.20. The Labute approximate surface area is 141 Å². The van der Waals surface area contributed by atoms with Gasteiger partial charge < -0.3 is 4.74 Å². The minimum atomic E-state index is -0.0861. The number of para-hydroxylation sites is 2. The van der Waals surface area contributed by atoms with Crippen molar-refractivity contribution in [3.05, 3.63) is 84.1 Å². The van der Waals surface area contributed by atoms with Crippen molar-refractivity contribution in [3.63, 3.8) is 0 Å². The molecule has 0 saturated heterocycles. The summed E-state index contributed by atoms with van der Waals surface area (Å²) in [6, 6.07) is 16.8. The van der Waals surface area contributed by atoms with Gasteiger partial charge in [0.25, 0.3) is 0 Å². The molecule has 0 spiro atoms. The van der Waals surface area contributed by atoms with Crippen LogP contribution in [0.3, 0.4) is 0 Å². The van der Waals surface area contributed by atoms with E-state index in [0.717, 1.165) is 17.4 Å². The van der Waals surface area contributed by atoms with Gasteiger partial charge in [0.15, 0.2) is 5.78 Å². The smallest absolute Gasteiger partial charge is 0.198 e. The topological polar surface area (TPSA) is 39.2 Å². The summed E-state index contributed by atoms with van der Waals surface area (Å²) in [5.41, 5.74) is 2.82. The molecule has 0 fully saturated rings. The predicted octanol–water partition coefficient (Wildman–Crippen LogP) is 4.81. The predicted molar refractivity (Wildman–Crippen MR) is 96.5 cm³/mol. The molecule has 1 heterocycles. The average molecular weight is 317 g/mol. The Hall–Kier alpha value is -2.94. The van der Waals surface area contributed by atoms with Crippen LogP contribution in [-0.2, 0) is 0 Å². The van der Waals surface area contributed by atoms with Crippen molar-refractivity contribution in [1.82, 2.24) is 4.98 Å². The molecular formula is C21H19NO2. The minimum Gasteiger partial charge on any atom is -0.488 e. The second kappa shape index (κ2) is 7.09. The van der Waals surface area contributed by atoms with E-state index < -0.39 is 0 Å². The van der Waals surface area contributed by atoms with Crippen molar-refractivity contribution in [2.75, 3.05) is 6.61 Å². The lowest BCUT2D eigenvalue weighted by molar-refractivity contribution is 0.103. The first-order chi connectivity index (χ1) is 11.7. The van der Waals surface area contributed by atoms with Crippen LogP contribution in [0.5, 0.6) is 5.75 Å². The van der Waals surface area contributed by atoms with Gasteiger partial charge in [0.2, 0.25) is 0 Å². The second-order valence-electron chi connectivity index (χ2n) is 5.60. The molecule has 2 aromatic carbocycles. The van der Waals surface area contributed by atoms with Gasteiger partial charge in [-0.1, -0.05) is 43.8 Å². The normalized spacial score (nSPS) is 10.5. The Morgan fingerprint density at radius 2 is 1.79 bits per heavy atom. The van der Waals surface area contributed by atoms with Gasteiger partial charge in [-0.25, -0.2) is 0 Å². The lowest BCUT2D eigenvalue weighted by atomic mass is 9.99. The summed E-state index contributed by atoms with van der Waals surface area (Å²) >= 11 is 0. The molecule has 0 saturated carbocycles. The summed E-state index contributed by atoms with van der Waals surface area (Å²) in [5.74, 6) is 0.488. The number of pyridine rings is 1. The second-order valence-corrected chi connectivity index (χ2v) is 5.60. The number of nitrogens with zero attached hydrogens (tertiary/aromatic N) is 1. The Morgan fingerprint density at radius 3 is 2.62 bits per heavy atom. The van der Waals surface area contributed by atoms with E-state index in [2.05, 4.69) is 11.6 Å². The Bertz CT molecular complexity index is 894. The number of hydrogen-bond donors (Lipinski definition) is 0. The van der Waals surface area contributed by atoms with E-state index >= 15 is 0 Å². The molecule has 120 valence electrons. The van der Waals surface area contributed by atoms with Gasteiger partial charge in [0.1, 0.15) is 12.4 Å². The summed E-state index contributed by atoms with van der Waals surface area (Å²) in [4.78, 5) is 17.4. The molecule has 0 bridgehead atoms. The van der Waals surface area contributed by atoms with E-state index in [-0.39, 0.29) is 5.78 Å². The molecule has 0 aliphatic rings. The lowest BCUT2D eigenvalue weighted by Crippen LogP contribution is -2.08. The molecule has 0 aliphatic carbocycles. The number of carbonyl (C=O) groups is 1. The van der Waals surface area contributed by atoms with Gasteiger partial charge in [0, 0.05) is 17.1 Å². The zero-order chi connectivity index (χ0) is 16.9. The third-order valence-electron chi connectivity index (χ3n) is 3.94. The number of benzene rings is 2. The molecule has 24 heavy (non-hydrogen) atoms. The highest BCUT2D eigenvalue weighted by atomic mass is 16.5. The average Bonchev–Trinajstić information content (AvgIpc) is 2.65. The van der Waals surface area contributed by atoms with Crippen LogP contribution in [0.4, 0.5) is 0 Å². The first kappa shape index (κ1) is 15.9. The molecule has 0 radical (unpaired) electrons. The standard InChI is InChI=1S/C21H19NO2/c1-3-15(2)14-24-19-12-5-4-10-17(19)21(23)18-11-6-8-16-9-7-13-22-20(16)18/h4-13H,2-3,14H2,1H3. The van der Waals surface area contributed by atoms with E-state index in [1.54, 1.807) is 18.3 Å². The fourth-order valence-corrected chi connectivity index (χ4v) is 2.49. The monoisotopic (exact) mass is 317 g/mol. The molecular weight excluding hydrogens is 298 g/mol. The molecule has 0 atom stereocenters. The van der Waals surface area contributed by atoms with Crippen LogP contribution in [0.2, 0.25) is 0 Å². The van der Waals surface area contributed by atoms with Crippen LogP contribution in [-0.4, -0.2) is 17.4 Å². The number of aromatic nitrogens is 1. The maximum atomic E-state index is 13.1. The van der Waals surface area contributed by atoms with Crippen LogP contribution in [0.1, 0.15) is 29.3 Å². The number of rotatable bonds is 6. The maximum absolute atomic E-state index is 13.1. The van der Waals surface area contributed by atoms with Crippen LogP contribution in [0.25, 0.3) is 10.9 Å². The summed E-state index contributed by atoms with van der Waals surface area (Å²) in [7, 11) is 0. The van der Waals surface area contributed by atoms with E-state index in [1.165, 1.54) is 0 Å². The lowest BCUT2D eigenvalue weighted by Gasteiger charge is -2.12. The Balaban J connectivity index is 1.99. The van der Waals surface area contributed by atoms with E-state index in [0.29, 0.717) is 29.0 Å². The van der Waals surface area contributed by atoms with Gasteiger partial charge >= 0.3 is 0 Å². The molecule has 0 N–H and O–H groups in total. The van der Waals surface area contributed by atoms with E-state index in [9.17, 15) is 4.79 Å². The molecule has 1 aromatic heterocycles. The van der Waals surface area contributed by atoms with Crippen molar-refractivity contribution >= 4 is 16.7 Å². The Morgan fingerprint density at radius 1 is 1.04 bits per heavy atom. The van der Waals surface area contributed by atoms with Crippen LogP contribution in [0.15, 0.2) is 72.9 Å². The highest BCUT2D eigenvalue weighted by Gasteiger charge is 2.17. The molecule has 3 nitrogen and oxygen atoms in total. The summed E-state index contributed by atoms with van der Waals surface area (Å²) in [6.07, 6.45) is 2.55. The highest BCUT2D eigenvalue weighted by Crippen LogP contribution is 2.25. The first-order valence-electron chi connectivity index (χ1n) is 7.97. The van der Waals surface area contributed by atoms with Crippen molar-refractivity contribution in [3.8, 4) is 5.75 Å². The van der Waals surface area contributed by atoms with E-state index in [4.69, 9.17) is 4.74 Å². The molecule has 3 aromatic rings. The van der Waals surface area contributed by atoms with Crippen LogP contribution in [0, 0.1) is 0 Å². The molecule has 0 unspecified atom stereocenters.